The monoisotopic (exact) mass is 188 g/mol. The van der Waals surface area contributed by atoms with E-state index in [9.17, 15) is 0 Å². The van der Waals surface area contributed by atoms with Crippen LogP contribution in [0.2, 0.25) is 0 Å². The largest absolute Gasteiger partial charge is 0.312 e. The summed E-state index contributed by atoms with van der Waals surface area (Å²) in [5, 5.41) is 3.44. The van der Waals surface area contributed by atoms with Gasteiger partial charge in [0.25, 0.3) is 0 Å². The summed E-state index contributed by atoms with van der Waals surface area (Å²) in [6.45, 7) is 4.32. The Balaban J connectivity index is 2.22. The van der Waals surface area contributed by atoms with Gasteiger partial charge in [0.1, 0.15) is 0 Å². The molecular formula is C12H16N2. The summed E-state index contributed by atoms with van der Waals surface area (Å²) in [7, 11) is 0. The topological polar surface area (TPSA) is 24.9 Å². The number of aromatic nitrogens is 1. The molecule has 2 nitrogen and oxygen atoms in total. The lowest BCUT2D eigenvalue weighted by Crippen LogP contribution is -2.28. The summed E-state index contributed by atoms with van der Waals surface area (Å²) in [5.74, 6) is 0.680. The van der Waals surface area contributed by atoms with Crippen LogP contribution in [0.25, 0.3) is 5.57 Å². The zero-order valence-corrected chi connectivity index (χ0v) is 8.53. The maximum absolute atomic E-state index is 4.14. The van der Waals surface area contributed by atoms with Crippen LogP contribution in [-0.4, -0.2) is 18.1 Å². The minimum Gasteiger partial charge on any atom is -0.312 e. The fraction of sp³-hybridized carbons (Fsp3) is 0.417. The van der Waals surface area contributed by atoms with E-state index in [1.165, 1.54) is 17.6 Å². The molecule has 1 aromatic rings. The quantitative estimate of drug-likeness (QED) is 0.768. The predicted molar refractivity (Wildman–Crippen MR) is 58.9 cm³/mol. The Morgan fingerprint density at radius 3 is 3.21 bits per heavy atom. The maximum atomic E-state index is 4.14. The molecule has 2 heterocycles. The molecule has 1 aromatic heterocycles. The molecule has 0 spiro atoms. The fourth-order valence-electron chi connectivity index (χ4n) is 1.81. The molecular weight excluding hydrogens is 172 g/mol. The van der Waals surface area contributed by atoms with Crippen LogP contribution >= 0.6 is 0 Å². The molecule has 14 heavy (non-hydrogen) atoms. The molecule has 0 amide bonds. The molecule has 1 aliphatic heterocycles. The number of hydrogen-bond acceptors (Lipinski definition) is 2. The minimum absolute atomic E-state index is 0.680. The number of rotatable bonds is 2. The van der Waals surface area contributed by atoms with Gasteiger partial charge in [0, 0.05) is 25.5 Å². The fourth-order valence-corrected chi connectivity index (χ4v) is 1.81. The van der Waals surface area contributed by atoms with Crippen molar-refractivity contribution < 1.29 is 0 Å². The summed E-state index contributed by atoms with van der Waals surface area (Å²) in [6, 6.07) is 4.12. The van der Waals surface area contributed by atoms with Gasteiger partial charge in [-0.25, -0.2) is 0 Å². The second-order valence-electron chi connectivity index (χ2n) is 3.73. The molecule has 0 fully saturated rings. The number of pyridine rings is 1. The van der Waals surface area contributed by atoms with Crippen LogP contribution in [0.15, 0.2) is 30.6 Å². The predicted octanol–water partition coefficient (Wildman–Crippen LogP) is 2.09. The van der Waals surface area contributed by atoms with E-state index in [0.717, 1.165) is 13.1 Å². The van der Waals surface area contributed by atoms with Gasteiger partial charge in [-0.3, -0.25) is 4.98 Å². The van der Waals surface area contributed by atoms with Gasteiger partial charge in [0.2, 0.25) is 0 Å². The van der Waals surface area contributed by atoms with Crippen molar-refractivity contribution in [2.45, 2.75) is 13.3 Å². The van der Waals surface area contributed by atoms with Crippen molar-refractivity contribution in [3.8, 4) is 0 Å². The highest BCUT2D eigenvalue weighted by atomic mass is 14.9. The average Bonchev–Trinajstić information content (AvgIpc) is 2.30. The lowest BCUT2D eigenvalue weighted by atomic mass is 9.95. The van der Waals surface area contributed by atoms with E-state index in [0.29, 0.717) is 5.92 Å². The summed E-state index contributed by atoms with van der Waals surface area (Å²) in [6.07, 6.45) is 7.34. The Morgan fingerprint density at radius 1 is 1.57 bits per heavy atom. The highest BCUT2D eigenvalue weighted by Gasteiger charge is 2.12. The van der Waals surface area contributed by atoms with E-state index in [2.05, 4.69) is 29.4 Å². The zero-order chi connectivity index (χ0) is 9.80. The van der Waals surface area contributed by atoms with E-state index in [1.54, 1.807) is 0 Å². The first-order valence-electron chi connectivity index (χ1n) is 5.22. The first-order chi connectivity index (χ1) is 6.90. The highest BCUT2D eigenvalue weighted by molar-refractivity contribution is 5.67. The Kier molecular flexibility index (Phi) is 2.94. The van der Waals surface area contributed by atoms with E-state index < -0.39 is 0 Å². The van der Waals surface area contributed by atoms with Crippen LogP contribution in [0.4, 0.5) is 0 Å². The summed E-state index contributed by atoms with van der Waals surface area (Å²) in [4.78, 5) is 4.14. The Bertz CT molecular complexity index is 316. The third-order valence-electron chi connectivity index (χ3n) is 2.72. The maximum Gasteiger partial charge on any atom is 0.0343 e. The summed E-state index contributed by atoms with van der Waals surface area (Å²) in [5.41, 5.74) is 2.63. The minimum atomic E-state index is 0.680. The molecule has 0 saturated carbocycles. The van der Waals surface area contributed by atoms with Crippen LogP contribution in [-0.2, 0) is 0 Å². The lowest BCUT2D eigenvalue weighted by molar-refractivity contribution is 0.550. The van der Waals surface area contributed by atoms with Gasteiger partial charge in [-0.1, -0.05) is 19.1 Å². The zero-order valence-electron chi connectivity index (χ0n) is 8.53. The van der Waals surface area contributed by atoms with Gasteiger partial charge in [0.05, 0.1) is 0 Å². The van der Waals surface area contributed by atoms with Gasteiger partial charge in [-0.2, -0.15) is 0 Å². The third-order valence-corrected chi connectivity index (χ3v) is 2.72. The lowest BCUT2D eigenvalue weighted by Gasteiger charge is -2.21. The second-order valence-corrected chi connectivity index (χ2v) is 3.73. The Hall–Kier alpha value is -1.15. The van der Waals surface area contributed by atoms with Crippen molar-refractivity contribution in [3.63, 3.8) is 0 Å². The standard InChI is InChI=1S/C12H16N2/c1-2-10-6-12(9-14-7-10)11-4-3-5-13-8-11/h3-6,8,10,14H,2,7,9H2,1H3. The molecule has 1 aliphatic rings. The van der Waals surface area contributed by atoms with Crippen LogP contribution in [0.3, 0.4) is 0 Å². The van der Waals surface area contributed by atoms with Crippen LogP contribution in [0, 0.1) is 5.92 Å². The second kappa shape index (κ2) is 4.38. The van der Waals surface area contributed by atoms with Crippen LogP contribution in [0.1, 0.15) is 18.9 Å². The molecule has 1 atom stereocenters. The highest BCUT2D eigenvalue weighted by Crippen LogP contribution is 2.19. The van der Waals surface area contributed by atoms with Crippen molar-refractivity contribution in [2.75, 3.05) is 13.1 Å². The SMILES string of the molecule is CCC1C=C(c2cccnc2)CNC1. The van der Waals surface area contributed by atoms with Crippen molar-refractivity contribution >= 4 is 5.57 Å². The van der Waals surface area contributed by atoms with Gasteiger partial charge in [0.15, 0.2) is 0 Å². The molecule has 0 aromatic carbocycles. The normalized spacial score (nSPS) is 21.8. The van der Waals surface area contributed by atoms with Crippen molar-refractivity contribution in [2.24, 2.45) is 5.92 Å². The average molecular weight is 188 g/mol. The smallest absolute Gasteiger partial charge is 0.0343 e. The summed E-state index contributed by atoms with van der Waals surface area (Å²) >= 11 is 0. The first-order valence-corrected chi connectivity index (χ1v) is 5.22. The van der Waals surface area contributed by atoms with E-state index in [1.807, 2.05) is 18.5 Å². The molecule has 74 valence electrons. The number of hydrogen-bond donors (Lipinski definition) is 1. The Morgan fingerprint density at radius 2 is 2.50 bits per heavy atom. The molecule has 1 unspecified atom stereocenters. The third kappa shape index (κ3) is 2.02. The van der Waals surface area contributed by atoms with Crippen molar-refractivity contribution in [3.05, 3.63) is 36.2 Å². The molecule has 0 radical (unpaired) electrons. The first kappa shape index (κ1) is 9.41. The van der Waals surface area contributed by atoms with E-state index >= 15 is 0 Å². The van der Waals surface area contributed by atoms with Crippen LogP contribution in [0.5, 0.6) is 0 Å². The van der Waals surface area contributed by atoms with Crippen molar-refractivity contribution in [1.29, 1.82) is 0 Å². The van der Waals surface area contributed by atoms with Gasteiger partial charge >= 0.3 is 0 Å². The van der Waals surface area contributed by atoms with E-state index in [4.69, 9.17) is 0 Å². The molecule has 2 rings (SSSR count). The van der Waals surface area contributed by atoms with Gasteiger partial charge in [-0.05, 0) is 29.5 Å². The van der Waals surface area contributed by atoms with Gasteiger partial charge < -0.3 is 5.32 Å². The Labute approximate surface area is 85.1 Å². The molecule has 1 N–H and O–H groups in total. The molecule has 0 bridgehead atoms. The molecule has 2 heteroatoms. The molecule has 0 saturated heterocycles. The van der Waals surface area contributed by atoms with Gasteiger partial charge in [-0.15, -0.1) is 0 Å². The number of nitrogens with one attached hydrogen (secondary N) is 1. The van der Waals surface area contributed by atoms with Crippen molar-refractivity contribution in [1.82, 2.24) is 10.3 Å². The molecule has 0 aliphatic carbocycles. The van der Waals surface area contributed by atoms with E-state index in [-0.39, 0.29) is 0 Å². The van der Waals surface area contributed by atoms with Crippen LogP contribution < -0.4 is 5.32 Å². The number of nitrogens with zero attached hydrogens (tertiary/aromatic N) is 1. The summed E-state index contributed by atoms with van der Waals surface area (Å²) < 4.78 is 0.